The van der Waals surface area contributed by atoms with Crippen LogP contribution < -0.4 is 10.5 Å². The average molecular weight is 326 g/mol. The Balaban J connectivity index is 2.21. The van der Waals surface area contributed by atoms with Crippen LogP contribution in [0.3, 0.4) is 0 Å². The minimum atomic E-state index is -0.163. The summed E-state index contributed by atoms with van der Waals surface area (Å²) in [6.45, 7) is 3.82. The van der Waals surface area contributed by atoms with E-state index in [0.717, 1.165) is 6.42 Å². The van der Waals surface area contributed by atoms with Gasteiger partial charge in [-0.25, -0.2) is 0 Å². The van der Waals surface area contributed by atoms with Gasteiger partial charge in [-0.15, -0.1) is 0 Å². The Labute approximate surface area is 134 Å². The van der Waals surface area contributed by atoms with Crippen molar-refractivity contribution in [1.29, 1.82) is 0 Å². The minimum absolute atomic E-state index is 0.0300. The summed E-state index contributed by atoms with van der Waals surface area (Å²) in [4.78, 5) is 27.6. The van der Waals surface area contributed by atoms with Crippen molar-refractivity contribution in [2.24, 2.45) is 0 Å². The van der Waals surface area contributed by atoms with Gasteiger partial charge < -0.3 is 20.3 Å². The maximum atomic E-state index is 12.7. The van der Waals surface area contributed by atoms with Crippen molar-refractivity contribution < 1.29 is 14.3 Å². The van der Waals surface area contributed by atoms with Gasteiger partial charge in [0, 0.05) is 39.2 Å². The largest absolute Gasteiger partial charge is 0.496 e. The van der Waals surface area contributed by atoms with E-state index in [-0.39, 0.29) is 11.8 Å². The molecular weight excluding hydrogens is 306 g/mol. The highest BCUT2D eigenvalue weighted by Crippen LogP contribution is 2.30. The molecule has 0 spiro atoms. The zero-order chi connectivity index (χ0) is 16.3. The summed E-state index contributed by atoms with van der Waals surface area (Å²) in [5, 5.41) is 0.323. The molecule has 6 nitrogen and oxygen atoms in total. The monoisotopic (exact) mass is 325 g/mol. The molecule has 2 amide bonds. The van der Waals surface area contributed by atoms with E-state index < -0.39 is 0 Å². The summed E-state index contributed by atoms with van der Waals surface area (Å²) in [7, 11) is 1.49. The number of methoxy groups -OCH3 is 1. The van der Waals surface area contributed by atoms with Crippen molar-refractivity contribution in [3.8, 4) is 5.75 Å². The lowest BCUT2D eigenvalue weighted by molar-refractivity contribution is -0.128. The van der Waals surface area contributed by atoms with Crippen LogP contribution >= 0.6 is 11.6 Å². The lowest BCUT2D eigenvalue weighted by Gasteiger charge is -2.22. The summed E-state index contributed by atoms with van der Waals surface area (Å²) in [5.74, 6) is 0.270. The lowest BCUT2D eigenvalue weighted by atomic mass is 10.1. The van der Waals surface area contributed by atoms with Crippen LogP contribution in [0.5, 0.6) is 5.75 Å². The highest BCUT2D eigenvalue weighted by molar-refractivity contribution is 6.33. The third kappa shape index (κ3) is 3.44. The van der Waals surface area contributed by atoms with Gasteiger partial charge in [-0.1, -0.05) is 11.6 Å². The normalized spacial score (nSPS) is 15.4. The van der Waals surface area contributed by atoms with Crippen LogP contribution in [0.25, 0.3) is 0 Å². The Hall–Kier alpha value is -1.95. The number of nitrogens with two attached hydrogens (primary N) is 1. The van der Waals surface area contributed by atoms with E-state index in [1.54, 1.807) is 22.8 Å². The summed E-state index contributed by atoms with van der Waals surface area (Å²) < 4.78 is 5.23. The van der Waals surface area contributed by atoms with Gasteiger partial charge in [-0.2, -0.15) is 0 Å². The Kier molecular flexibility index (Phi) is 5.13. The second-order valence-electron chi connectivity index (χ2n) is 5.23. The van der Waals surface area contributed by atoms with Crippen molar-refractivity contribution in [2.45, 2.75) is 13.3 Å². The number of amides is 2. The number of nitrogens with zero attached hydrogens (tertiary/aromatic N) is 2. The highest BCUT2D eigenvalue weighted by Gasteiger charge is 2.24. The van der Waals surface area contributed by atoms with Crippen LogP contribution in [0.2, 0.25) is 5.02 Å². The molecule has 2 rings (SSSR count). The predicted octanol–water partition coefficient (Wildman–Crippen LogP) is 1.63. The third-order valence-corrected chi connectivity index (χ3v) is 4.10. The Morgan fingerprint density at radius 2 is 1.82 bits per heavy atom. The molecule has 0 radical (unpaired) electrons. The molecule has 1 saturated heterocycles. The Morgan fingerprint density at radius 1 is 1.18 bits per heavy atom. The fourth-order valence-electron chi connectivity index (χ4n) is 2.51. The molecule has 0 aliphatic carbocycles. The molecule has 1 heterocycles. The van der Waals surface area contributed by atoms with Crippen LogP contribution in [0.1, 0.15) is 23.7 Å². The standard InChI is InChI=1S/C15H20ClN3O3/c1-10(20)18-4-3-5-19(7-6-18)15(21)11-8-12(16)13(17)9-14(11)22-2/h8-9H,3-7,17H2,1-2H3. The molecule has 1 fully saturated rings. The van der Waals surface area contributed by atoms with Crippen molar-refractivity contribution in [3.05, 3.63) is 22.7 Å². The van der Waals surface area contributed by atoms with Gasteiger partial charge in [0.25, 0.3) is 5.91 Å². The smallest absolute Gasteiger partial charge is 0.257 e. The maximum absolute atomic E-state index is 12.7. The number of benzene rings is 1. The number of ether oxygens (including phenoxy) is 1. The van der Waals surface area contributed by atoms with Crippen LogP contribution in [-0.2, 0) is 4.79 Å². The van der Waals surface area contributed by atoms with Crippen molar-refractivity contribution >= 4 is 29.1 Å². The minimum Gasteiger partial charge on any atom is -0.496 e. The molecule has 7 heteroatoms. The quantitative estimate of drug-likeness (QED) is 0.838. The van der Waals surface area contributed by atoms with E-state index in [9.17, 15) is 9.59 Å². The first kappa shape index (κ1) is 16.4. The topological polar surface area (TPSA) is 75.9 Å². The van der Waals surface area contributed by atoms with Crippen molar-refractivity contribution in [1.82, 2.24) is 9.80 Å². The fraction of sp³-hybridized carbons (Fsp3) is 0.467. The predicted molar refractivity (Wildman–Crippen MR) is 85.2 cm³/mol. The first-order valence-electron chi connectivity index (χ1n) is 7.12. The molecule has 0 unspecified atom stereocenters. The molecule has 2 N–H and O–H groups in total. The molecule has 1 aromatic rings. The molecule has 120 valence electrons. The molecule has 0 aromatic heterocycles. The first-order chi connectivity index (χ1) is 10.4. The van der Waals surface area contributed by atoms with E-state index in [2.05, 4.69) is 0 Å². The van der Waals surface area contributed by atoms with Crippen LogP contribution in [0.15, 0.2) is 12.1 Å². The number of carbonyl (C=O) groups excluding carboxylic acids is 2. The van der Waals surface area contributed by atoms with E-state index in [4.69, 9.17) is 22.1 Å². The second kappa shape index (κ2) is 6.87. The van der Waals surface area contributed by atoms with E-state index in [0.29, 0.717) is 48.2 Å². The third-order valence-electron chi connectivity index (χ3n) is 3.78. The number of rotatable bonds is 2. The summed E-state index contributed by atoms with van der Waals surface area (Å²) in [6, 6.07) is 3.08. The molecular formula is C15H20ClN3O3. The SMILES string of the molecule is COc1cc(N)c(Cl)cc1C(=O)N1CCCN(C(C)=O)CC1. The van der Waals surface area contributed by atoms with Gasteiger partial charge in [0.1, 0.15) is 5.75 Å². The average Bonchev–Trinajstić information content (AvgIpc) is 2.74. The zero-order valence-corrected chi connectivity index (χ0v) is 13.5. The van der Waals surface area contributed by atoms with Crippen LogP contribution in [-0.4, -0.2) is 54.9 Å². The summed E-state index contributed by atoms with van der Waals surface area (Å²) in [6.07, 6.45) is 0.746. The van der Waals surface area contributed by atoms with Gasteiger partial charge in [-0.05, 0) is 12.5 Å². The Bertz CT molecular complexity index is 592. The molecule has 1 aliphatic rings. The number of hydrogen-bond donors (Lipinski definition) is 1. The second-order valence-corrected chi connectivity index (χ2v) is 5.63. The highest BCUT2D eigenvalue weighted by atomic mass is 35.5. The first-order valence-corrected chi connectivity index (χ1v) is 7.49. The number of anilines is 1. The van der Waals surface area contributed by atoms with Gasteiger partial charge >= 0.3 is 0 Å². The van der Waals surface area contributed by atoms with Gasteiger partial charge in [0.2, 0.25) is 5.91 Å². The molecule has 0 atom stereocenters. The zero-order valence-electron chi connectivity index (χ0n) is 12.8. The van der Waals surface area contributed by atoms with E-state index in [1.807, 2.05) is 0 Å². The molecule has 22 heavy (non-hydrogen) atoms. The number of halogens is 1. The lowest BCUT2D eigenvalue weighted by Crippen LogP contribution is -2.36. The number of hydrogen-bond acceptors (Lipinski definition) is 4. The van der Waals surface area contributed by atoms with E-state index in [1.165, 1.54) is 13.2 Å². The Morgan fingerprint density at radius 3 is 2.45 bits per heavy atom. The van der Waals surface area contributed by atoms with Crippen LogP contribution in [0.4, 0.5) is 5.69 Å². The van der Waals surface area contributed by atoms with Gasteiger partial charge in [0.15, 0.2) is 0 Å². The molecule has 1 aromatic carbocycles. The van der Waals surface area contributed by atoms with Gasteiger partial charge in [0.05, 0.1) is 23.4 Å². The van der Waals surface area contributed by atoms with Crippen molar-refractivity contribution in [3.63, 3.8) is 0 Å². The molecule has 0 bridgehead atoms. The number of carbonyl (C=O) groups is 2. The molecule has 1 aliphatic heterocycles. The number of nitrogen functional groups attached to an aromatic ring is 1. The fourth-order valence-corrected chi connectivity index (χ4v) is 2.67. The van der Waals surface area contributed by atoms with Crippen LogP contribution in [0, 0.1) is 0 Å². The van der Waals surface area contributed by atoms with E-state index >= 15 is 0 Å². The molecule has 0 saturated carbocycles. The maximum Gasteiger partial charge on any atom is 0.257 e. The summed E-state index contributed by atoms with van der Waals surface area (Å²) >= 11 is 6.02. The van der Waals surface area contributed by atoms with Crippen molar-refractivity contribution in [2.75, 3.05) is 39.0 Å². The summed E-state index contributed by atoms with van der Waals surface area (Å²) in [5.41, 5.74) is 6.50. The van der Waals surface area contributed by atoms with Gasteiger partial charge in [-0.3, -0.25) is 9.59 Å².